The number of benzene rings is 2. The number of amides is 2. The molecule has 2 heterocycles. The quantitative estimate of drug-likeness (QED) is 0.301. The van der Waals surface area contributed by atoms with E-state index in [1.807, 2.05) is 37.3 Å². The van der Waals surface area contributed by atoms with Crippen LogP contribution in [-0.4, -0.2) is 31.8 Å². The monoisotopic (exact) mass is 495 g/mol. The van der Waals surface area contributed by atoms with Crippen LogP contribution in [0.5, 0.6) is 5.75 Å². The Morgan fingerprint density at radius 3 is 2.65 bits per heavy atom. The van der Waals surface area contributed by atoms with Crippen LogP contribution in [0, 0.1) is 6.92 Å². The van der Waals surface area contributed by atoms with Crippen LogP contribution in [0.4, 0.5) is 10.5 Å². The number of hydrogen-bond acceptors (Lipinski definition) is 5. The number of hydrogen-bond donors (Lipinski definition) is 3. The second-order valence-electron chi connectivity index (χ2n) is 9.42. The number of aromatic nitrogens is 3. The van der Waals surface area contributed by atoms with Crippen molar-refractivity contribution in [2.75, 3.05) is 5.32 Å². The van der Waals surface area contributed by atoms with Crippen molar-refractivity contribution in [3.8, 4) is 17.0 Å². The van der Waals surface area contributed by atoms with Crippen molar-refractivity contribution < 1.29 is 14.7 Å². The number of nitrogens with zero attached hydrogens (tertiary/aromatic N) is 3. The Balaban J connectivity index is 1.42. The maximum atomic E-state index is 13.2. The lowest BCUT2D eigenvalue weighted by atomic mass is 10.0. The van der Waals surface area contributed by atoms with Gasteiger partial charge >= 0.3 is 6.03 Å². The van der Waals surface area contributed by atoms with Crippen LogP contribution >= 0.6 is 0 Å². The van der Waals surface area contributed by atoms with Gasteiger partial charge in [-0.3, -0.25) is 9.78 Å². The number of pyridine rings is 1. The first-order chi connectivity index (χ1) is 18.0. The number of carbonyl (C=O) groups excluding carboxylic acids is 2. The summed E-state index contributed by atoms with van der Waals surface area (Å²) in [6, 6.07) is 17.7. The smallest absolute Gasteiger partial charge is 0.342 e. The molecule has 0 spiro atoms. The molecular formula is C29H29N5O3. The molecule has 8 heteroatoms. The van der Waals surface area contributed by atoms with Crippen molar-refractivity contribution in [2.24, 2.45) is 0 Å². The van der Waals surface area contributed by atoms with E-state index in [0.29, 0.717) is 29.1 Å². The fourth-order valence-electron chi connectivity index (χ4n) is 4.80. The molecule has 1 saturated carbocycles. The van der Waals surface area contributed by atoms with Gasteiger partial charge < -0.3 is 15.7 Å². The third kappa shape index (κ3) is 5.53. The van der Waals surface area contributed by atoms with E-state index in [4.69, 9.17) is 0 Å². The predicted molar refractivity (Wildman–Crippen MR) is 142 cm³/mol. The molecule has 2 aromatic carbocycles. The summed E-state index contributed by atoms with van der Waals surface area (Å²) < 4.78 is 1.43. The first-order valence-corrected chi connectivity index (χ1v) is 12.5. The van der Waals surface area contributed by atoms with Gasteiger partial charge in [0.05, 0.1) is 17.0 Å². The highest BCUT2D eigenvalue weighted by Gasteiger charge is 2.26. The molecule has 0 bridgehead atoms. The topological polar surface area (TPSA) is 109 Å². The number of rotatable bonds is 6. The van der Waals surface area contributed by atoms with Crippen molar-refractivity contribution in [2.45, 2.75) is 45.1 Å². The summed E-state index contributed by atoms with van der Waals surface area (Å²) in [5.74, 6) is -0.0683. The third-order valence-corrected chi connectivity index (χ3v) is 6.68. The van der Waals surface area contributed by atoms with E-state index < -0.39 is 0 Å². The zero-order valence-electron chi connectivity index (χ0n) is 20.6. The summed E-state index contributed by atoms with van der Waals surface area (Å²) in [6.45, 7) is 2.41. The van der Waals surface area contributed by atoms with Gasteiger partial charge in [-0.2, -0.15) is 9.78 Å². The maximum absolute atomic E-state index is 13.2. The molecule has 1 fully saturated rings. The second kappa shape index (κ2) is 10.7. The fourth-order valence-corrected chi connectivity index (χ4v) is 4.80. The minimum absolute atomic E-state index is 0.0159. The molecule has 0 radical (unpaired) electrons. The summed E-state index contributed by atoms with van der Waals surface area (Å²) in [7, 11) is 0. The highest BCUT2D eigenvalue weighted by Crippen LogP contribution is 2.38. The number of anilines is 1. The lowest BCUT2D eigenvalue weighted by Crippen LogP contribution is -2.30. The lowest BCUT2D eigenvalue weighted by Gasteiger charge is -2.12. The van der Waals surface area contributed by atoms with Gasteiger partial charge in [0.15, 0.2) is 0 Å². The standard InChI is InChI=1S/C29H29N5O3/c1-19-6-4-7-20(14-19)17-31-29(37)34-26(21-8-2-3-9-21)16-25(33-34)24-15-23(11-12-27(24)35)32-28(36)22-10-5-13-30-18-22/h4-7,10-16,18,21,35H,2-3,8-9,17H2,1H3,(H,31,37)(H,32,36). The normalized spacial score (nSPS) is 13.4. The molecule has 188 valence electrons. The number of phenolic OH excluding ortho intramolecular Hbond substituents is 1. The molecule has 8 nitrogen and oxygen atoms in total. The van der Waals surface area contributed by atoms with Gasteiger partial charge in [-0.15, -0.1) is 0 Å². The average Bonchev–Trinajstić information content (AvgIpc) is 3.59. The molecule has 37 heavy (non-hydrogen) atoms. The zero-order chi connectivity index (χ0) is 25.8. The summed E-state index contributed by atoms with van der Waals surface area (Å²) in [6.07, 6.45) is 7.29. The van der Waals surface area contributed by atoms with Gasteiger partial charge in [-0.25, -0.2) is 4.79 Å². The number of carbonyl (C=O) groups is 2. The number of phenols is 1. The van der Waals surface area contributed by atoms with Crippen molar-refractivity contribution >= 4 is 17.6 Å². The van der Waals surface area contributed by atoms with E-state index in [-0.39, 0.29) is 23.6 Å². The van der Waals surface area contributed by atoms with Crippen molar-refractivity contribution in [1.82, 2.24) is 20.1 Å². The minimum atomic E-state index is -0.310. The number of nitrogens with one attached hydrogen (secondary N) is 2. The molecule has 0 saturated heterocycles. The molecule has 5 rings (SSSR count). The largest absolute Gasteiger partial charge is 0.507 e. The molecule has 0 unspecified atom stereocenters. The van der Waals surface area contributed by atoms with Crippen LogP contribution < -0.4 is 10.6 Å². The summed E-state index contributed by atoms with van der Waals surface area (Å²) in [5, 5.41) is 21.1. The molecule has 3 N–H and O–H groups in total. The van der Waals surface area contributed by atoms with E-state index in [1.54, 1.807) is 30.5 Å². The van der Waals surface area contributed by atoms with Crippen LogP contribution in [0.25, 0.3) is 11.3 Å². The summed E-state index contributed by atoms with van der Waals surface area (Å²) in [5.41, 5.74) is 4.82. The fraction of sp³-hybridized carbons (Fsp3) is 0.241. The average molecular weight is 496 g/mol. The molecular weight excluding hydrogens is 466 g/mol. The van der Waals surface area contributed by atoms with Crippen molar-refractivity contribution in [3.63, 3.8) is 0 Å². The van der Waals surface area contributed by atoms with E-state index >= 15 is 0 Å². The van der Waals surface area contributed by atoms with Crippen LogP contribution in [0.2, 0.25) is 0 Å². The number of aryl methyl sites for hydroxylation is 1. The van der Waals surface area contributed by atoms with Crippen LogP contribution in [-0.2, 0) is 6.54 Å². The second-order valence-corrected chi connectivity index (χ2v) is 9.42. The predicted octanol–water partition coefficient (Wildman–Crippen LogP) is 5.63. The summed E-state index contributed by atoms with van der Waals surface area (Å²) in [4.78, 5) is 29.8. The molecule has 0 aliphatic heterocycles. The van der Waals surface area contributed by atoms with E-state index in [9.17, 15) is 14.7 Å². The van der Waals surface area contributed by atoms with Crippen LogP contribution in [0.3, 0.4) is 0 Å². The first kappa shape index (κ1) is 24.2. The Bertz CT molecular complexity index is 1420. The van der Waals surface area contributed by atoms with Gasteiger partial charge in [0, 0.05) is 36.1 Å². The SMILES string of the molecule is Cc1cccc(CNC(=O)n2nc(-c3cc(NC(=O)c4cccnc4)ccc3O)cc2C2CCCC2)c1. The Hall–Kier alpha value is -4.46. The Morgan fingerprint density at radius 2 is 1.89 bits per heavy atom. The molecule has 2 amide bonds. The first-order valence-electron chi connectivity index (χ1n) is 12.5. The molecule has 1 aliphatic rings. The maximum Gasteiger partial charge on any atom is 0.342 e. The van der Waals surface area contributed by atoms with Gasteiger partial charge in [-0.05, 0) is 61.7 Å². The van der Waals surface area contributed by atoms with E-state index in [0.717, 1.165) is 42.5 Å². The molecule has 1 aliphatic carbocycles. The van der Waals surface area contributed by atoms with Crippen molar-refractivity contribution in [1.29, 1.82) is 0 Å². The molecule has 0 atom stereocenters. The van der Waals surface area contributed by atoms with Gasteiger partial charge in [0.2, 0.25) is 0 Å². The lowest BCUT2D eigenvalue weighted by molar-refractivity contribution is 0.102. The Morgan fingerprint density at radius 1 is 1.05 bits per heavy atom. The number of aromatic hydroxyl groups is 1. The third-order valence-electron chi connectivity index (χ3n) is 6.68. The van der Waals surface area contributed by atoms with Gasteiger partial charge in [0.25, 0.3) is 5.91 Å². The summed E-state index contributed by atoms with van der Waals surface area (Å²) >= 11 is 0. The molecule has 4 aromatic rings. The highest BCUT2D eigenvalue weighted by atomic mass is 16.3. The van der Waals surface area contributed by atoms with Crippen molar-refractivity contribution in [3.05, 3.63) is 95.4 Å². The van der Waals surface area contributed by atoms with Crippen LogP contribution in [0.1, 0.15) is 58.8 Å². The Kier molecular flexibility index (Phi) is 6.98. The van der Waals surface area contributed by atoms with Gasteiger partial charge in [-0.1, -0.05) is 42.7 Å². The Labute approximate surface area is 215 Å². The van der Waals surface area contributed by atoms with Crippen LogP contribution in [0.15, 0.2) is 73.1 Å². The zero-order valence-corrected chi connectivity index (χ0v) is 20.6. The molecule has 2 aromatic heterocycles. The highest BCUT2D eigenvalue weighted by molar-refractivity contribution is 6.04. The minimum Gasteiger partial charge on any atom is -0.507 e. The van der Waals surface area contributed by atoms with Gasteiger partial charge in [0.1, 0.15) is 5.75 Å². The van der Waals surface area contributed by atoms with E-state index in [1.165, 1.54) is 16.9 Å². The van der Waals surface area contributed by atoms with E-state index in [2.05, 4.69) is 20.7 Å².